The molecule has 0 saturated heterocycles. The number of phenolic OH excluding ortho intramolecular Hbond substituents is 1. The van der Waals surface area contributed by atoms with Crippen molar-refractivity contribution in [3.05, 3.63) is 29.8 Å². The van der Waals surface area contributed by atoms with Gasteiger partial charge in [-0.2, -0.15) is 0 Å². The number of aliphatic hydroxyl groups is 2. The molecule has 1 aromatic carbocycles. The van der Waals surface area contributed by atoms with Crippen LogP contribution in [0, 0.1) is 0 Å². The molecule has 9 heteroatoms. The monoisotopic (exact) mass is 326 g/mol. The van der Waals surface area contributed by atoms with Crippen molar-refractivity contribution in [1.29, 1.82) is 0 Å². The van der Waals surface area contributed by atoms with E-state index < -0.39 is 42.6 Å². The number of carbonyl (C=O) groups is 3. The average Bonchev–Trinajstić information content (AvgIpc) is 2.50. The number of aliphatic hydroxyl groups excluding tert-OH is 2. The molecule has 0 bridgehead atoms. The Morgan fingerprint density at radius 3 is 2.13 bits per heavy atom. The molecule has 3 atom stereocenters. The molecule has 0 heterocycles. The van der Waals surface area contributed by atoms with Gasteiger partial charge in [0, 0.05) is 0 Å². The largest absolute Gasteiger partial charge is 0.508 e. The van der Waals surface area contributed by atoms with Crippen molar-refractivity contribution in [2.45, 2.75) is 25.1 Å². The molecule has 0 fully saturated rings. The van der Waals surface area contributed by atoms with Gasteiger partial charge in [-0.3, -0.25) is 9.59 Å². The highest BCUT2D eigenvalue weighted by atomic mass is 16.4. The number of carbonyl (C=O) groups excluding carboxylic acids is 2. The predicted molar refractivity (Wildman–Crippen MR) is 77.3 cm³/mol. The normalized spacial score (nSPS) is 14.4. The van der Waals surface area contributed by atoms with Gasteiger partial charge in [0.15, 0.2) is 6.04 Å². The first-order chi connectivity index (χ1) is 10.8. The molecule has 0 aromatic heterocycles. The van der Waals surface area contributed by atoms with E-state index in [0.29, 0.717) is 0 Å². The number of aromatic hydroxyl groups is 1. The first-order valence-electron chi connectivity index (χ1n) is 6.66. The zero-order valence-corrected chi connectivity index (χ0v) is 12.3. The third-order valence-corrected chi connectivity index (χ3v) is 2.98. The maximum Gasteiger partial charge on any atom is 0.328 e. The maximum atomic E-state index is 12.3. The van der Waals surface area contributed by atoms with E-state index in [4.69, 9.17) is 10.2 Å². The van der Waals surface area contributed by atoms with Crippen LogP contribution in [0.2, 0.25) is 0 Å². The van der Waals surface area contributed by atoms with Gasteiger partial charge in [-0.25, -0.2) is 4.79 Å². The first-order valence-corrected chi connectivity index (χ1v) is 6.66. The molecule has 0 aliphatic heterocycles. The lowest BCUT2D eigenvalue weighted by Gasteiger charge is -2.22. The van der Waals surface area contributed by atoms with Crippen molar-refractivity contribution in [1.82, 2.24) is 10.6 Å². The molecule has 2 amide bonds. The third kappa shape index (κ3) is 5.24. The Balaban J connectivity index is 3.03. The van der Waals surface area contributed by atoms with E-state index >= 15 is 0 Å². The Hall–Kier alpha value is -2.65. The zero-order chi connectivity index (χ0) is 17.6. The topological polar surface area (TPSA) is 156 Å². The number of benzene rings is 1. The molecule has 9 nitrogen and oxygen atoms in total. The molecule has 1 rings (SSSR count). The Bertz CT molecular complexity index is 571. The Morgan fingerprint density at radius 1 is 1.13 bits per heavy atom. The van der Waals surface area contributed by atoms with Crippen LogP contribution >= 0.6 is 0 Å². The van der Waals surface area contributed by atoms with E-state index in [2.05, 4.69) is 10.6 Å². The number of aliphatic carboxylic acids is 1. The quantitative estimate of drug-likeness (QED) is 0.356. The highest BCUT2D eigenvalue weighted by molar-refractivity contribution is 5.91. The molecule has 0 aliphatic rings. The summed E-state index contributed by atoms with van der Waals surface area (Å²) in [5, 5.41) is 40.8. The fourth-order valence-electron chi connectivity index (χ4n) is 1.80. The molecule has 0 unspecified atom stereocenters. The van der Waals surface area contributed by atoms with Crippen molar-refractivity contribution in [2.75, 3.05) is 6.61 Å². The highest BCUT2D eigenvalue weighted by Crippen LogP contribution is 2.17. The maximum absolute atomic E-state index is 12.3. The van der Waals surface area contributed by atoms with Crippen molar-refractivity contribution >= 4 is 17.8 Å². The van der Waals surface area contributed by atoms with Crippen LogP contribution in [0.1, 0.15) is 18.5 Å². The van der Waals surface area contributed by atoms with Gasteiger partial charge in [0.05, 0.1) is 6.10 Å². The van der Waals surface area contributed by atoms with Gasteiger partial charge in [0.25, 0.3) is 0 Å². The molecule has 126 valence electrons. The summed E-state index contributed by atoms with van der Waals surface area (Å²) < 4.78 is 0. The molecule has 6 N–H and O–H groups in total. The number of rotatable bonds is 7. The number of hydrogen-bond donors (Lipinski definition) is 6. The van der Waals surface area contributed by atoms with E-state index in [9.17, 15) is 24.6 Å². The summed E-state index contributed by atoms with van der Waals surface area (Å²) in [7, 11) is 0. The fraction of sp³-hybridized carbons (Fsp3) is 0.357. The van der Waals surface area contributed by atoms with E-state index in [1.807, 2.05) is 0 Å². The third-order valence-electron chi connectivity index (χ3n) is 2.98. The van der Waals surface area contributed by atoms with Gasteiger partial charge >= 0.3 is 5.97 Å². The average molecular weight is 326 g/mol. The molecule has 0 radical (unpaired) electrons. The summed E-state index contributed by atoms with van der Waals surface area (Å²) in [5.41, 5.74) is 0.261. The van der Waals surface area contributed by atoms with Gasteiger partial charge in [-0.1, -0.05) is 12.1 Å². The molecular weight excluding hydrogens is 308 g/mol. The van der Waals surface area contributed by atoms with Crippen LogP contribution in [0.25, 0.3) is 0 Å². The van der Waals surface area contributed by atoms with E-state index in [0.717, 1.165) is 0 Å². The smallest absolute Gasteiger partial charge is 0.328 e. The first kappa shape index (κ1) is 18.4. The zero-order valence-electron chi connectivity index (χ0n) is 12.3. The second kappa shape index (κ2) is 8.11. The van der Waals surface area contributed by atoms with Crippen molar-refractivity contribution < 1.29 is 34.8 Å². The second-order valence-electron chi connectivity index (χ2n) is 4.82. The molecule has 0 aliphatic carbocycles. The highest BCUT2D eigenvalue weighted by Gasteiger charge is 2.30. The van der Waals surface area contributed by atoms with Crippen LogP contribution in [0.3, 0.4) is 0 Å². The minimum atomic E-state index is -1.56. The van der Waals surface area contributed by atoms with Crippen molar-refractivity contribution in [3.8, 4) is 5.75 Å². The predicted octanol–water partition coefficient (Wildman–Crippen LogP) is -1.51. The van der Waals surface area contributed by atoms with Gasteiger partial charge in [0.2, 0.25) is 11.8 Å². The SMILES string of the molecule is C[C@H](O)[C@H](NC(=O)[C@H](NC(=O)CO)c1ccc(O)cc1)C(=O)O. The van der Waals surface area contributed by atoms with Crippen LogP contribution in [0.4, 0.5) is 0 Å². The summed E-state index contributed by atoms with van der Waals surface area (Å²) in [6, 6.07) is 2.42. The standard InChI is InChI=1S/C14H18N2O7/c1-7(18)11(14(22)23)16-13(21)12(15-10(20)6-17)8-2-4-9(19)5-3-8/h2-5,7,11-12,17-19H,6H2,1H3,(H,15,20)(H,16,21)(H,22,23)/t7-,11-,12+/m0/s1. The van der Waals surface area contributed by atoms with Crippen LogP contribution in [-0.4, -0.2) is 57.0 Å². The number of carboxylic acids is 1. The minimum Gasteiger partial charge on any atom is -0.508 e. The van der Waals surface area contributed by atoms with Gasteiger partial charge < -0.3 is 31.1 Å². The van der Waals surface area contributed by atoms with E-state index in [1.54, 1.807) is 0 Å². The van der Waals surface area contributed by atoms with Crippen LogP contribution in [0.5, 0.6) is 5.75 Å². The van der Waals surface area contributed by atoms with Crippen LogP contribution < -0.4 is 10.6 Å². The minimum absolute atomic E-state index is 0.0613. The lowest BCUT2D eigenvalue weighted by Crippen LogP contribution is -2.51. The lowest BCUT2D eigenvalue weighted by atomic mass is 10.0. The summed E-state index contributed by atoms with van der Waals surface area (Å²) in [6.45, 7) is 0.335. The number of hydrogen-bond acceptors (Lipinski definition) is 6. The Morgan fingerprint density at radius 2 is 1.70 bits per heavy atom. The number of amides is 2. The summed E-state index contributed by atoms with van der Waals surface area (Å²) in [6.07, 6.45) is -1.36. The van der Waals surface area contributed by atoms with E-state index in [1.165, 1.54) is 31.2 Å². The summed E-state index contributed by atoms with van der Waals surface area (Å²) in [5.74, 6) is -3.23. The fourth-order valence-corrected chi connectivity index (χ4v) is 1.80. The van der Waals surface area contributed by atoms with E-state index in [-0.39, 0.29) is 11.3 Å². The molecule has 0 spiro atoms. The van der Waals surface area contributed by atoms with Gasteiger partial charge in [-0.15, -0.1) is 0 Å². The van der Waals surface area contributed by atoms with Gasteiger partial charge in [0.1, 0.15) is 18.4 Å². The molecular formula is C14H18N2O7. The summed E-state index contributed by atoms with van der Waals surface area (Å²) >= 11 is 0. The van der Waals surface area contributed by atoms with Crippen molar-refractivity contribution in [2.24, 2.45) is 0 Å². The number of carboxylic acid groups (broad SMARTS) is 1. The van der Waals surface area contributed by atoms with Crippen LogP contribution in [-0.2, 0) is 14.4 Å². The number of nitrogens with one attached hydrogen (secondary N) is 2. The lowest BCUT2D eigenvalue weighted by molar-refractivity contribution is -0.145. The van der Waals surface area contributed by atoms with Crippen LogP contribution in [0.15, 0.2) is 24.3 Å². The molecule has 23 heavy (non-hydrogen) atoms. The Kier molecular flexibility index (Phi) is 6.49. The Labute approximate surface area is 131 Å². The molecule has 1 aromatic rings. The van der Waals surface area contributed by atoms with Gasteiger partial charge in [-0.05, 0) is 24.6 Å². The molecule has 0 saturated carbocycles. The number of phenols is 1. The second-order valence-corrected chi connectivity index (χ2v) is 4.82. The summed E-state index contributed by atoms with van der Waals surface area (Å²) in [4.78, 5) is 34.6. The van der Waals surface area contributed by atoms with Crippen molar-refractivity contribution in [3.63, 3.8) is 0 Å².